The highest BCUT2D eigenvalue weighted by Gasteiger charge is 2.31. The smallest absolute Gasteiger partial charge is 0.275 e. The summed E-state index contributed by atoms with van der Waals surface area (Å²) in [5.74, 6) is 0.423. The van der Waals surface area contributed by atoms with Gasteiger partial charge in [0.25, 0.3) is 5.91 Å². The molecular formula is C20H34N3O3S+. The Balaban J connectivity index is 1.89. The third-order valence-electron chi connectivity index (χ3n) is 5.15. The quantitative estimate of drug-likeness (QED) is 0.689. The van der Waals surface area contributed by atoms with E-state index in [9.17, 15) is 13.2 Å². The molecule has 0 spiro atoms. The van der Waals surface area contributed by atoms with Gasteiger partial charge in [-0.15, -0.1) is 0 Å². The van der Waals surface area contributed by atoms with Crippen LogP contribution in [0.2, 0.25) is 0 Å². The molecule has 0 aliphatic carbocycles. The number of nitrogens with zero attached hydrogens (tertiary/aromatic N) is 1. The van der Waals surface area contributed by atoms with E-state index in [1.807, 2.05) is 19.1 Å². The number of sulfonamides is 1. The van der Waals surface area contributed by atoms with Crippen molar-refractivity contribution in [2.75, 3.05) is 32.7 Å². The van der Waals surface area contributed by atoms with E-state index in [1.54, 1.807) is 16.4 Å². The summed E-state index contributed by atoms with van der Waals surface area (Å²) >= 11 is 0. The molecule has 1 aromatic rings. The number of nitrogens with one attached hydrogen (secondary N) is 2. The van der Waals surface area contributed by atoms with Crippen molar-refractivity contribution >= 4 is 15.9 Å². The minimum atomic E-state index is -3.46. The Bertz CT molecular complexity index is 708. The number of piperazine rings is 1. The van der Waals surface area contributed by atoms with Crippen LogP contribution in [0.3, 0.4) is 0 Å². The zero-order chi connectivity index (χ0) is 20.0. The van der Waals surface area contributed by atoms with E-state index in [0.717, 1.165) is 23.3 Å². The molecule has 152 valence electrons. The fourth-order valence-electron chi connectivity index (χ4n) is 3.45. The summed E-state index contributed by atoms with van der Waals surface area (Å²) in [7, 11) is -3.46. The minimum absolute atomic E-state index is 0.0477. The molecule has 2 rings (SSSR count). The first-order valence-electron chi connectivity index (χ1n) is 9.97. The molecule has 1 aromatic carbocycles. The van der Waals surface area contributed by atoms with Crippen LogP contribution in [0.25, 0.3) is 0 Å². The van der Waals surface area contributed by atoms with E-state index in [1.165, 1.54) is 0 Å². The summed E-state index contributed by atoms with van der Waals surface area (Å²) in [6, 6.07) is 7.37. The molecule has 0 bridgehead atoms. The van der Waals surface area contributed by atoms with Crippen molar-refractivity contribution in [2.45, 2.75) is 57.4 Å². The van der Waals surface area contributed by atoms with Crippen molar-refractivity contribution in [1.29, 1.82) is 0 Å². The molecule has 7 heteroatoms. The number of carbonyl (C=O) groups excluding carboxylic acids is 1. The van der Waals surface area contributed by atoms with Gasteiger partial charge in [-0.2, -0.15) is 4.31 Å². The van der Waals surface area contributed by atoms with Crippen LogP contribution in [0.4, 0.5) is 0 Å². The van der Waals surface area contributed by atoms with E-state index in [-0.39, 0.29) is 11.9 Å². The summed E-state index contributed by atoms with van der Waals surface area (Å²) < 4.78 is 27.2. The lowest BCUT2D eigenvalue weighted by molar-refractivity contribution is -0.895. The summed E-state index contributed by atoms with van der Waals surface area (Å²) in [5, 5.41) is 3.02. The van der Waals surface area contributed by atoms with Gasteiger partial charge in [0.1, 0.15) is 0 Å². The molecule has 0 aromatic heterocycles. The molecule has 1 aliphatic rings. The third-order valence-corrected chi connectivity index (χ3v) is 7.07. The first kappa shape index (κ1) is 21.9. The average molecular weight is 397 g/mol. The van der Waals surface area contributed by atoms with Gasteiger partial charge in [0.15, 0.2) is 6.54 Å². The molecule has 0 unspecified atom stereocenters. The van der Waals surface area contributed by atoms with Crippen LogP contribution in [0.1, 0.15) is 52.0 Å². The molecule has 1 amide bonds. The molecule has 1 aliphatic heterocycles. The maximum absolute atomic E-state index is 12.9. The second kappa shape index (κ2) is 9.66. The minimum Gasteiger partial charge on any atom is -0.349 e. The number of hydrogen-bond acceptors (Lipinski definition) is 3. The topological polar surface area (TPSA) is 70.9 Å². The van der Waals surface area contributed by atoms with Crippen LogP contribution in [0.15, 0.2) is 29.2 Å². The lowest BCUT2D eigenvalue weighted by Gasteiger charge is -2.31. The van der Waals surface area contributed by atoms with E-state index >= 15 is 0 Å². The van der Waals surface area contributed by atoms with E-state index in [0.29, 0.717) is 43.5 Å². The number of quaternary nitrogens is 1. The molecule has 27 heavy (non-hydrogen) atoms. The van der Waals surface area contributed by atoms with Gasteiger partial charge in [-0.1, -0.05) is 39.3 Å². The molecule has 1 atom stereocenters. The lowest BCUT2D eigenvalue weighted by atomic mass is 10.0. The normalized spacial score (nSPS) is 17.8. The Hall–Kier alpha value is -1.44. The number of amides is 1. The second-order valence-corrected chi connectivity index (χ2v) is 9.75. The van der Waals surface area contributed by atoms with Gasteiger partial charge in [-0.25, -0.2) is 8.42 Å². The van der Waals surface area contributed by atoms with Crippen molar-refractivity contribution < 1.29 is 18.1 Å². The monoisotopic (exact) mass is 396 g/mol. The maximum atomic E-state index is 12.9. The van der Waals surface area contributed by atoms with Crippen molar-refractivity contribution in [3.63, 3.8) is 0 Å². The molecular weight excluding hydrogens is 362 g/mol. The molecule has 1 fully saturated rings. The number of carbonyl (C=O) groups is 1. The van der Waals surface area contributed by atoms with Crippen LogP contribution >= 0.6 is 0 Å². The van der Waals surface area contributed by atoms with Crippen molar-refractivity contribution in [3.05, 3.63) is 29.8 Å². The summed E-state index contributed by atoms with van der Waals surface area (Å²) in [6.07, 6.45) is 2.02. The highest BCUT2D eigenvalue weighted by molar-refractivity contribution is 7.89. The molecule has 0 radical (unpaired) electrons. The van der Waals surface area contributed by atoms with E-state index in [2.05, 4.69) is 26.1 Å². The van der Waals surface area contributed by atoms with Gasteiger partial charge in [0.05, 0.1) is 31.1 Å². The maximum Gasteiger partial charge on any atom is 0.275 e. The van der Waals surface area contributed by atoms with Gasteiger partial charge in [-0.3, -0.25) is 4.79 Å². The highest BCUT2D eigenvalue weighted by Crippen LogP contribution is 2.20. The second-order valence-electron chi connectivity index (χ2n) is 7.81. The van der Waals surface area contributed by atoms with Gasteiger partial charge >= 0.3 is 0 Å². The van der Waals surface area contributed by atoms with Crippen LogP contribution in [-0.4, -0.2) is 57.4 Å². The van der Waals surface area contributed by atoms with Crippen molar-refractivity contribution in [2.24, 2.45) is 0 Å². The van der Waals surface area contributed by atoms with Crippen LogP contribution < -0.4 is 10.2 Å². The number of rotatable bonds is 8. The van der Waals surface area contributed by atoms with Crippen molar-refractivity contribution in [1.82, 2.24) is 9.62 Å². The predicted octanol–water partition coefficient (Wildman–Crippen LogP) is 1.00. The summed E-state index contributed by atoms with van der Waals surface area (Å²) in [5.41, 5.74) is 1.13. The Morgan fingerprint density at radius 3 is 2.26 bits per heavy atom. The van der Waals surface area contributed by atoms with Crippen LogP contribution in [-0.2, 0) is 14.8 Å². The molecule has 0 saturated carbocycles. The Morgan fingerprint density at radius 2 is 1.74 bits per heavy atom. The largest absolute Gasteiger partial charge is 0.349 e. The third kappa shape index (κ3) is 6.02. The molecule has 1 saturated heterocycles. The SMILES string of the molecule is CCC[C@H](C)NC(=O)C[NH+]1CCN(S(=O)(=O)c2ccc(C(C)C)cc2)CC1. The van der Waals surface area contributed by atoms with Gasteiger partial charge in [0.2, 0.25) is 10.0 Å². The van der Waals surface area contributed by atoms with E-state index in [4.69, 9.17) is 0 Å². The highest BCUT2D eigenvalue weighted by atomic mass is 32.2. The predicted molar refractivity (Wildman–Crippen MR) is 107 cm³/mol. The Morgan fingerprint density at radius 1 is 1.15 bits per heavy atom. The van der Waals surface area contributed by atoms with Crippen LogP contribution in [0, 0.1) is 0 Å². The molecule has 2 N–H and O–H groups in total. The van der Waals surface area contributed by atoms with Crippen LogP contribution in [0.5, 0.6) is 0 Å². The fourth-order valence-corrected chi connectivity index (χ4v) is 4.89. The summed E-state index contributed by atoms with van der Waals surface area (Å²) in [6.45, 7) is 10.9. The fraction of sp³-hybridized carbons (Fsp3) is 0.650. The zero-order valence-corrected chi connectivity index (χ0v) is 17.8. The van der Waals surface area contributed by atoms with Gasteiger partial charge in [0, 0.05) is 6.04 Å². The molecule has 1 heterocycles. The van der Waals surface area contributed by atoms with Gasteiger partial charge in [-0.05, 0) is 37.0 Å². The molecule has 6 nitrogen and oxygen atoms in total. The zero-order valence-electron chi connectivity index (χ0n) is 17.0. The summed E-state index contributed by atoms with van der Waals surface area (Å²) in [4.78, 5) is 13.6. The standard InChI is InChI=1S/C20H33N3O3S/c1-5-6-17(4)21-20(24)15-22-11-13-23(14-12-22)27(25,26)19-9-7-18(8-10-19)16(2)3/h7-10,16-17H,5-6,11-15H2,1-4H3,(H,21,24)/p+1/t17-/m0/s1. The Kier molecular flexibility index (Phi) is 7.82. The van der Waals surface area contributed by atoms with Crippen molar-refractivity contribution in [3.8, 4) is 0 Å². The first-order chi connectivity index (χ1) is 12.7. The lowest BCUT2D eigenvalue weighted by Crippen LogP contribution is -3.15. The number of benzene rings is 1. The first-order valence-corrected chi connectivity index (χ1v) is 11.4. The van der Waals surface area contributed by atoms with Gasteiger partial charge < -0.3 is 10.2 Å². The Labute approximate surface area is 164 Å². The number of hydrogen-bond donors (Lipinski definition) is 2. The average Bonchev–Trinajstić information content (AvgIpc) is 2.62. The van der Waals surface area contributed by atoms with E-state index < -0.39 is 10.0 Å².